The van der Waals surface area contributed by atoms with Gasteiger partial charge in [-0.25, -0.2) is 4.98 Å². The highest BCUT2D eigenvalue weighted by molar-refractivity contribution is 9.10. The molecule has 2 aromatic carbocycles. The van der Waals surface area contributed by atoms with Crippen LogP contribution in [0.2, 0.25) is 0 Å². The van der Waals surface area contributed by atoms with E-state index in [2.05, 4.69) is 66.3 Å². The maximum Gasteiger partial charge on any atom is 0.252 e. The van der Waals surface area contributed by atoms with Gasteiger partial charge in [-0.1, -0.05) is 61.0 Å². The van der Waals surface area contributed by atoms with Gasteiger partial charge < -0.3 is 10.1 Å². The third kappa shape index (κ3) is 4.59. The Morgan fingerprint density at radius 1 is 1.11 bits per heavy atom. The van der Waals surface area contributed by atoms with Crippen LogP contribution in [0.4, 0.5) is 0 Å². The first kappa shape index (κ1) is 20.5. The number of amides is 1. The van der Waals surface area contributed by atoms with E-state index in [-0.39, 0.29) is 11.3 Å². The van der Waals surface area contributed by atoms with Crippen LogP contribution in [-0.4, -0.2) is 31.2 Å². The van der Waals surface area contributed by atoms with E-state index in [1.807, 2.05) is 24.3 Å². The van der Waals surface area contributed by atoms with Gasteiger partial charge in [0.05, 0.1) is 23.4 Å². The Labute approximate surface area is 174 Å². The third-order valence-electron chi connectivity index (χ3n) is 4.65. The van der Waals surface area contributed by atoms with Crippen molar-refractivity contribution in [3.8, 4) is 11.3 Å². The van der Waals surface area contributed by atoms with Crippen LogP contribution < -0.4 is 5.32 Å². The molecule has 1 heterocycles. The predicted octanol–water partition coefficient (Wildman–Crippen LogP) is 5.34. The zero-order chi connectivity index (χ0) is 20.3. The summed E-state index contributed by atoms with van der Waals surface area (Å²) in [4.78, 5) is 17.6. The van der Waals surface area contributed by atoms with Gasteiger partial charge in [0.25, 0.3) is 5.91 Å². The summed E-state index contributed by atoms with van der Waals surface area (Å²) in [5, 5.41) is 3.73. The lowest BCUT2D eigenvalue weighted by molar-refractivity contribution is 0.0938. The fourth-order valence-corrected chi connectivity index (χ4v) is 3.40. The molecule has 146 valence electrons. The standard InChI is InChI=1S/C23H25BrN2O2/c1-23(2,3)16-7-5-15(6-8-16)21-14-19(22(27)25-11-12-28-4)18-13-17(24)9-10-20(18)26-21/h5-10,13-14H,11-12H2,1-4H3,(H,25,27). The van der Waals surface area contributed by atoms with E-state index in [9.17, 15) is 4.79 Å². The van der Waals surface area contributed by atoms with E-state index in [1.54, 1.807) is 7.11 Å². The molecule has 0 bridgehead atoms. The molecule has 0 aliphatic heterocycles. The first-order chi connectivity index (χ1) is 13.3. The van der Waals surface area contributed by atoms with Crippen molar-refractivity contribution in [1.82, 2.24) is 10.3 Å². The average molecular weight is 441 g/mol. The van der Waals surface area contributed by atoms with Gasteiger partial charge >= 0.3 is 0 Å². The number of carbonyl (C=O) groups excluding carboxylic acids is 1. The summed E-state index contributed by atoms with van der Waals surface area (Å²) >= 11 is 3.49. The number of fused-ring (bicyclic) bond motifs is 1. The Morgan fingerprint density at radius 3 is 2.46 bits per heavy atom. The van der Waals surface area contributed by atoms with Crippen LogP contribution in [0.5, 0.6) is 0 Å². The maximum atomic E-state index is 12.8. The van der Waals surface area contributed by atoms with E-state index in [1.165, 1.54) is 5.56 Å². The second-order valence-electron chi connectivity index (χ2n) is 7.79. The topological polar surface area (TPSA) is 51.2 Å². The minimum Gasteiger partial charge on any atom is -0.383 e. The van der Waals surface area contributed by atoms with E-state index in [4.69, 9.17) is 9.72 Å². The van der Waals surface area contributed by atoms with E-state index < -0.39 is 0 Å². The average Bonchev–Trinajstić information content (AvgIpc) is 2.66. The molecule has 1 amide bonds. The quantitative estimate of drug-likeness (QED) is 0.544. The lowest BCUT2D eigenvalue weighted by atomic mass is 9.86. The van der Waals surface area contributed by atoms with Crippen molar-refractivity contribution in [2.45, 2.75) is 26.2 Å². The minimum absolute atomic E-state index is 0.0913. The fraction of sp³-hybridized carbons (Fsp3) is 0.304. The van der Waals surface area contributed by atoms with Gasteiger partial charge in [0.15, 0.2) is 0 Å². The number of nitrogens with one attached hydrogen (secondary N) is 1. The SMILES string of the molecule is COCCNC(=O)c1cc(-c2ccc(C(C)(C)C)cc2)nc2ccc(Br)cc12. The summed E-state index contributed by atoms with van der Waals surface area (Å²) in [6.45, 7) is 7.51. The molecule has 5 heteroatoms. The van der Waals surface area contributed by atoms with Gasteiger partial charge in [-0.15, -0.1) is 0 Å². The molecule has 0 radical (unpaired) electrons. The van der Waals surface area contributed by atoms with Crippen molar-refractivity contribution < 1.29 is 9.53 Å². The van der Waals surface area contributed by atoms with Crippen LogP contribution in [-0.2, 0) is 10.2 Å². The van der Waals surface area contributed by atoms with Crippen molar-refractivity contribution in [1.29, 1.82) is 0 Å². The summed E-state index contributed by atoms with van der Waals surface area (Å²) in [6.07, 6.45) is 0. The highest BCUT2D eigenvalue weighted by Crippen LogP contribution is 2.29. The van der Waals surface area contributed by atoms with Gasteiger partial charge in [-0.2, -0.15) is 0 Å². The van der Waals surface area contributed by atoms with Gasteiger partial charge in [0, 0.05) is 29.1 Å². The molecule has 0 aliphatic rings. The van der Waals surface area contributed by atoms with Crippen molar-refractivity contribution in [3.63, 3.8) is 0 Å². The zero-order valence-electron chi connectivity index (χ0n) is 16.7. The van der Waals surface area contributed by atoms with Gasteiger partial charge in [0.2, 0.25) is 0 Å². The normalized spacial score (nSPS) is 11.6. The maximum absolute atomic E-state index is 12.8. The summed E-state index contributed by atoms with van der Waals surface area (Å²) in [5.41, 5.74) is 4.53. The van der Waals surface area contributed by atoms with Crippen molar-refractivity contribution >= 4 is 32.7 Å². The number of rotatable bonds is 5. The number of benzene rings is 2. The highest BCUT2D eigenvalue weighted by atomic mass is 79.9. The van der Waals surface area contributed by atoms with Crippen molar-refractivity contribution in [2.24, 2.45) is 0 Å². The Kier molecular flexibility index (Phi) is 6.16. The van der Waals surface area contributed by atoms with Crippen molar-refractivity contribution in [2.75, 3.05) is 20.3 Å². The smallest absolute Gasteiger partial charge is 0.252 e. The van der Waals surface area contributed by atoms with Gasteiger partial charge in [0.1, 0.15) is 0 Å². The lowest BCUT2D eigenvalue weighted by Gasteiger charge is -2.19. The number of methoxy groups -OCH3 is 1. The Hall–Kier alpha value is -2.24. The molecule has 0 saturated carbocycles. The third-order valence-corrected chi connectivity index (χ3v) is 5.15. The molecule has 1 aromatic heterocycles. The highest BCUT2D eigenvalue weighted by Gasteiger charge is 2.16. The van der Waals surface area contributed by atoms with Gasteiger partial charge in [-0.3, -0.25) is 4.79 Å². The zero-order valence-corrected chi connectivity index (χ0v) is 18.3. The molecule has 4 nitrogen and oxygen atoms in total. The monoisotopic (exact) mass is 440 g/mol. The number of pyridine rings is 1. The van der Waals surface area contributed by atoms with E-state index >= 15 is 0 Å². The van der Waals surface area contributed by atoms with E-state index in [0.29, 0.717) is 18.7 Å². The Morgan fingerprint density at radius 2 is 1.82 bits per heavy atom. The largest absolute Gasteiger partial charge is 0.383 e. The number of hydrogen-bond acceptors (Lipinski definition) is 3. The molecule has 0 aliphatic carbocycles. The fourth-order valence-electron chi connectivity index (χ4n) is 3.04. The van der Waals surface area contributed by atoms with Crippen LogP contribution in [0.15, 0.2) is 53.0 Å². The minimum atomic E-state index is -0.130. The van der Waals surface area contributed by atoms with Crippen LogP contribution >= 0.6 is 15.9 Å². The second kappa shape index (κ2) is 8.41. The molecule has 0 fully saturated rings. The molecule has 0 spiro atoms. The Bertz CT molecular complexity index is 992. The summed E-state index contributed by atoms with van der Waals surface area (Å²) in [7, 11) is 1.62. The molecule has 3 aromatic rings. The van der Waals surface area contributed by atoms with Crippen LogP contribution in [0.1, 0.15) is 36.7 Å². The summed E-state index contributed by atoms with van der Waals surface area (Å²) in [5.74, 6) is -0.130. The van der Waals surface area contributed by atoms with Crippen molar-refractivity contribution in [3.05, 3.63) is 64.1 Å². The molecular formula is C23H25BrN2O2. The number of halogens is 1. The number of ether oxygens (including phenoxy) is 1. The molecule has 0 saturated heterocycles. The first-order valence-electron chi connectivity index (χ1n) is 9.28. The lowest BCUT2D eigenvalue weighted by Crippen LogP contribution is -2.27. The molecule has 1 N–H and O–H groups in total. The van der Waals surface area contributed by atoms with Crippen LogP contribution in [0.3, 0.4) is 0 Å². The molecule has 3 rings (SSSR count). The first-order valence-corrected chi connectivity index (χ1v) is 10.1. The number of hydrogen-bond donors (Lipinski definition) is 1. The van der Waals surface area contributed by atoms with Gasteiger partial charge in [-0.05, 0) is 35.2 Å². The van der Waals surface area contributed by atoms with E-state index in [0.717, 1.165) is 26.6 Å². The molecule has 0 atom stereocenters. The van der Waals surface area contributed by atoms with Crippen LogP contribution in [0, 0.1) is 0 Å². The van der Waals surface area contributed by atoms with Crippen LogP contribution in [0.25, 0.3) is 22.2 Å². The summed E-state index contributed by atoms with van der Waals surface area (Å²) in [6, 6.07) is 16.1. The number of aromatic nitrogens is 1. The molecular weight excluding hydrogens is 416 g/mol. The predicted molar refractivity (Wildman–Crippen MR) is 118 cm³/mol. The molecule has 0 unspecified atom stereocenters. The number of carbonyl (C=O) groups is 1. The Balaban J connectivity index is 2.06. The second-order valence-corrected chi connectivity index (χ2v) is 8.71. The summed E-state index contributed by atoms with van der Waals surface area (Å²) < 4.78 is 5.94. The number of nitrogens with zero attached hydrogens (tertiary/aromatic N) is 1. The molecule has 28 heavy (non-hydrogen) atoms.